The number of carbonyl (C=O) groups is 2. The number of rotatable bonds is 5. The average molecular weight is 417 g/mol. The number of aliphatic hydroxyl groups is 1. The summed E-state index contributed by atoms with van der Waals surface area (Å²) in [7, 11) is 0. The zero-order valence-corrected chi connectivity index (χ0v) is 18.3. The Morgan fingerprint density at radius 3 is 2.77 bits per heavy atom. The van der Waals surface area contributed by atoms with E-state index in [2.05, 4.69) is 13.8 Å². The third-order valence-electron chi connectivity index (χ3n) is 10.2. The van der Waals surface area contributed by atoms with Crippen LogP contribution in [0.5, 0.6) is 0 Å². The fraction of sp³-hybridized carbons (Fsp3) is 0.840. The molecule has 5 rings (SSSR count). The first kappa shape index (κ1) is 20.5. The molecule has 0 unspecified atom stereocenters. The zero-order chi connectivity index (χ0) is 21.3. The van der Waals surface area contributed by atoms with E-state index in [1.54, 1.807) is 0 Å². The predicted octanol–water partition coefficient (Wildman–Crippen LogP) is 4.83. The van der Waals surface area contributed by atoms with Gasteiger partial charge in [-0.05, 0) is 86.0 Å². The molecule has 5 nitrogen and oxygen atoms in total. The lowest BCUT2D eigenvalue weighted by Crippen LogP contribution is -2.58. The molecule has 2 N–H and O–H groups in total. The monoisotopic (exact) mass is 416 g/mol. The summed E-state index contributed by atoms with van der Waals surface area (Å²) in [6.07, 6.45) is 9.25. The highest BCUT2D eigenvalue weighted by Gasteiger charge is 2.76. The highest BCUT2D eigenvalue weighted by Crippen LogP contribution is 2.78. The normalized spacial score (nSPS) is 48.7. The van der Waals surface area contributed by atoms with Crippen molar-refractivity contribution < 1.29 is 24.5 Å². The molecule has 0 radical (unpaired) electrons. The van der Waals surface area contributed by atoms with Crippen molar-refractivity contribution in [2.75, 3.05) is 6.61 Å². The molecule has 5 heteroatoms. The van der Waals surface area contributed by atoms with Gasteiger partial charge >= 0.3 is 6.16 Å². The molecule has 0 heterocycles. The van der Waals surface area contributed by atoms with E-state index in [-0.39, 0.29) is 12.0 Å². The van der Waals surface area contributed by atoms with E-state index in [0.717, 1.165) is 44.9 Å². The van der Waals surface area contributed by atoms with E-state index in [1.807, 2.05) is 6.08 Å². The van der Waals surface area contributed by atoms with E-state index in [4.69, 9.17) is 9.84 Å². The molecule has 0 aromatic carbocycles. The van der Waals surface area contributed by atoms with Gasteiger partial charge in [-0.15, -0.1) is 0 Å². The van der Waals surface area contributed by atoms with Crippen LogP contribution in [0, 0.1) is 46.8 Å². The predicted molar refractivity (Wildman–Crippen MR) is 112 cm³/mol. The number of fused-ring (bicyclic) bond motifs is 7. The third-order valence-corrected chi connectivity index (χ3v) is 10.2. The van der Waals surface area contributed by atoms with E-state index < -0.39 is 11.8 Å². The summed E-state index contributed by atoms with van der Waals surface area (Å²) in [6, 6.07) is 0. The van der Waals surface area contributed by atoms with E-state index in [9.17, 15) is 14.7 Å². The van der Waals surface area contributed by atoms with Gasteiger partial charge in [0.1, 0.15) is 0 Å². The first-order valence-electron chi connectivity index (χ1n) is 12.2. The van der Waals surface area contributed by atoms with E-state index in [1.165, 1.54) is 5.57 Å². The van der Waals surface area contributed by atoms with Crippen LogP contribution in [0.3, 0.4) is 0 Å². The van der Waals surface area contributed by atoms with Gasteiger partial charge in [-0.3, -0.25) is 4.79 Å². The molecule has 4 fully saturated rings. The summed E-state index contributed by atoms with van der Waals surface area (Å²) >= 11 is 0. The minimum absolute atomic E-state index is 0.0897. The molecule has 4 saturated carbocycles. The second-order valence-corrected chi connectivity index (χ2v) is 10.8. The minimum Gasteiger partial charge on any atom is -0.450 e. The van der Waals surface area contributed by atoms with Crippen molar-refractivity contribution in [1.29, 1.82) is 0 Å². The average Bonchev–Trinajstić information content (AvgIpc) is 3.48. The summed E-state index contributed by atoms with van der Waals surface area (Å²) in [5.74, 6) is 4.16. The largest absolute Gasteiger partial charge is 0.505 e. The summed E-state index contributed by atoms with van der Waals surface area (Å²) in [4.78, 5) is 23.0. The quantitative estimate of drug-likeness (QED) is 0.628. The first-order chi connectivity index (χ1) is 14.4. The lowest BCUT2D eigenvalue weighted by Gasteiger charge is -2.60. The van der Waals surface area contributed by atoms with E-state index >= 15 is 0 Å². The van der Waals surface area contributed by atoms with Crippen molar-refractivity contribution >= 4 is 11.9 Å². The van der Waals surface area contributed by atoms with Crippen LogP contribution < -0.4 is 0 Å². The minimum atomic E-state index is -1.25. The highest BCUT2D eigenvalue weighted by molar-refractivity contribution is 5.91. The smallest absolute Gasteiger partial charge is 0.450 e. The summed E-state index contributed by atoms with van der Waals surface area (Å²) in [6.45, 7) is 4.61. The van der Waals surface area contributed by atoms with Crippen LogP contribution in [0.15, 0.2) is 11.6 Å². The van der Waals surface area contributed by atoms with Gasteiger partial charge < -0.3 is 14.9 Å². The van der Waals surface area contributed by atoms with E-state index in [0.29, 0.717) is 60.1 Å². The lowest BCUT2D eigenvalue weighted by atomic mass is 9.45. The fourth-order valence-corrected chi connectivity index (χ4v) is 9.13. The maximum absolute atomic E-state index is 12.1. The van der Waals surface area contributed by atoms with Crippen LogP contribution in [0.2, 0.25) is 0 Å². The van der Waals surface area contributed by atoms with Gasteiger partial charge in [0.2, 0.25) is 0 Å². The van der Waals surface area contributed by atoms with Crippen molar-refractivity contribution in [2.24, 2.45) is 46.8 Å². The number of carboxylic acid groups (broad SMARTS) is 1. The van der Waals surface area contributed by atoms with Crippen molar-refractivity contribution in [3.63, 3.8) is 0 Å². The topological polar surface area (TPSA) is 83.8 Å². The van der Waals surface area contributed by atoms with Gasteiger partial charge in [-0.1, -0.05) is 25.8 Å². The highest BCUT2D eigenvalue weighted by atomic mass is 16.7. The van der Waals surface area contributed by atoms with Crippen LogP contribution in [-0.4, -0.2) is 34.4 Å². The van der Waals surface area contributed by atoms with Gasteiger partial charge in [0.25, 0.3) is 0 Å². The number of hydrogen-bond donors (Lipinski definition) is 2. The number of ether oxygens (including phenoxy) is 1. The molecule has 0 bridgehead atoms. The maximum atomic E-state index is 12.1. The Kier molecular flexibility index (Phi) is 4.85. The summed E-state index contributed by atoms with van der Waals surface area (Å²) in [5, 5.41) is 21.0. The second kappa shape index (κ2) is 7.08. The molecule has 30 heavy (non-hydrogen) atoms. The Morgan fingerprint density at radius 1 is 1.27 bits per heavy atom. The van der Waals surface area contributed by atoms with Crippen LogP contribution in [0.1, 0.15) is 71.6 Å². The van der Waals surface area contributed by atoms with Gasteiger partial charge in [0, 0.05) is 18.3 Å². The molecule has 0 amide bonds. The molecule has 0 saturated heterocycles. The molecule has 0 aromatic heterocycles. The summed E-state index contributed by atoms with van der Waals surface area (Å²) < 4.78 is 4.85. The van der Waals surface area contributed by atoms with Crippen LogP contribution in [-0.2, 0) is 9.53 Å². The Hall–Kier alpha value is -1.36. The Labute approximate surface area is 179 Å². The molecular weight excluding hydrogens is 380 g/mol. The molecular formula is C25H36O5. The summed E-state index contributed by atoms with van der Waals surface area (Å²) in [5.41, 5.74) is 0.510. The second-order valence-electron chi connectivity index (χ2n) is 10.8. The van der Waals surface area contributed by atoms with Crippen molar-refractivity contribution in [2.45, 2.75) is 77.2 Å². The first-order valence-corrected chi connectivity index (χ1v) is 12.2. The third kappa shape index (κ3) is 2.69. The number of ketones is 1. The fourth-order valence-electron chi connectivity index (χ4n) is 9.13. The van der Waals surface area contributed by atoms with Gasteiger partial charge in [-0.2, -0.15) is 0 Å². The molecule has 0 aromatic rings. The number of carbonyl (C=O) groups excluding carboxylic acids is 1. The van der Waals surface area contributed by atoms with Gasteiger partial charge in [0.05, 0.1) is 12.2 Å². The molecule has 0 aliphatic heterocycles. The Balaban J connectivity index is 1.48. The van der Waals surface area contributed by atoms with Crippen LogP contribution in [0.25, 0.3) is 0 Å². The van der Waals surface area contributed by atoms with Crippen LogP contribution >= 0.6 is 0 Å². The SMILES string of the molecule is CC[C@@H]1CC2=CC(=O)CC[C@@H]2[C@H]2CC[C@@]3(CC)[C@@H]([C@H]4C[C@H]4[C@@]3(O)CCOC(=O)O)[C@H]12. The molecule has 9 atom stereocenters. The van der Waals surface area contributed by atoms with Crippen molar-refractivity contribution in [3.05, 3.63) is 11.6 Å². The number of hydrogen-bond acceptors (Lipinski definition) is 4. The van der Waals surface area contributed by atoms with Gasteiger partial charge in [0.15, 0.2) is 5.78 Å². The zero-order valence-electron chi connectivity index (χ0n) is 18.3. The van der Waals surface area contributed by atoms with Crippen molar-refractivity contribution in [1.82, 2.24) is 0 Å². The van der Waals surface area contributed by atoms with Gasteiger partial charge in [-0.25, -0.2) is 4.79 Å². The Morgan fingerprint density at radius 2 is 2.07 bits per heavy atom. The lowest BCUT2D eigenvalue weighted by molar-refractivity contribution is -0.167. The maximum Gasteiger partial charge on any atom is 0.505 e. The molecule has 5 aliphatic rings. The molecule has 5 aliphatic carbocycles. The molecule has 0 spiro atoms. The number of allylic oxidation sites excluding steroid dienone is 1. The molecule has 166 valence electrons. The van der Waals surface area contributed by atoms with Crippen LogP contribution in [0.4, 0.5) is 4.79 Å². The Bertz CT molecular complexity index is 774. The van der Waals surface area contributed by atoms with Crippen molar-refractivity contribution in [3.8, 4) is 0 Å². The standard InChI is InChI=1S/C25H36O5/c1-3-14-11-15-12-16(26)5-6-17(15)18-7-8-24(4-2)22(21(14)18)19-13-20(19)25(24,29)9-10-30-23(27)28/h12,14,17-22,29H,3-11,13H2,1-2H3,(H,27,28)/t14-,17+,18-,19+,20-,21-,22+,24+,25+/m1/s1.